The summed E-state index contributed by atoms with van der Waals surface area (Å²) in [6, 6.07) is 0. The second-order valence-corrected chi connectivity index (χ2v) is 5.33. The van der Waals surface area contributed by atoms with E-state index in [1.54, 1.807) is 0 Å². The number of hydrazine groups is 1. The molecule has 0 aromatic rings. The number of nitrogens with one attached hydrogen (secondary N) is 1. The van der Waals surface area contributed by atoms with E-state index in [-0.39, 0.29) is 0 Å². The van der Waals surface area contributed by atoms with Gasteiger partial charge in [-0.2, -0.15) is 0 Å². The Morgan fingerprint density at radius 3 is 2.67 bits per heavy atom. The molecule has 0 atom stereocenters. The molecule has 3 N–H and O–H groups in total. The number of unbranched alkanes of at least 4 members (excludes halogenated alkanes) is 1. The summed E-state index contributed by atoms with van der Waals surface area (Å²) in [4.78, 5) is 9.06. The zero-order chi connectivity index (χ0) is 13.4. The Morgan fingerprint density at radius 2 is 2.11 bits per heavy atom. The van der Waals surface area contributed by atoms with Crippen molar-refractivity contribution < 1.29 is 0 Å². The first-order valence-electron chi connectivity index (χ1n) is 7.08. The number of hydrogen-bond acceptors (Lipinski definition) is 3. The van der Waals surface area contributed by atoms with Gasteiger partial charge in [-0.25, -0.2) is 5.84 Å². The maximum atomic E-state index is 5.55. The lowest BCUT2D eigenvalue weighted by Gasteiger charge is -2.32. The summed E-state index contributed by atoms with van der Waals surface area (Å²) < 4.78 is 0. The van der Waals surface area contributed by atoms with Gasteiger partial charge < -0.3 is 9.80 Å². The molecule has 0 saturated carbocycles. The van der Waals surface area contributed by atoms with Crippen LogP contribution in [0.1, 0.15) is 32.6 Å². The van der Waals surface area contributed by atoms with Crippen molar-refractivity contribution in [3.63, 3.8) is 0 Å². The minimum absolute atomic E-state index is 0.760. The van der Waals surface area contributed by atoms with Crippen LogP contribution in [-0.4, -0.2) is 56.0 Å². The fraction of sp³-hybridized carbons (Fsp3) is 0.923. The van der Waals surface area contributed by atoms with Crippen LogP contribution in [0.3, 0.4) is 0 Å². The van der Waals surface area contributed by atoms with E-state index in [9.17, 15) is 0 Å². The second-order valence-electron chi connectivity index (χ2n) is 5.33. The SMILES string of the molecule is CCCCN=C(NN)N(C)CC1CCN(C)CC1. The summed E-state index contributed by atoms with van der Waals surface area (Å²) in [5.74, 6) is 7.13. The Labute approximate surface area is 111 Å². The minimum Gasteiger partial charge on any atom is -0.345 e. The second kappa shape index (κ2) is 8.32. The largest absolute Gasteiger partial charge is 0.345 e. The first kappa shape index (κ1) is 15.2. The average Bonchev–Trinajstić information content (AvgIpc) is 2.37. The summed E-state index contributed by atoms with van der Waals surface area (Å²) in [6.07, 6.45) is 4.83. The van der Waals surface area contributed by atoms with Crippen molar-refractivity contribution in [3.05, 3.63) is 0 Å². The molecule has 1 heterocycles. The van der Waals surface area contributed by atoms with E-state index in [2.05, 4.69) is 41.2 Å². The topological polar surface area (TPSA) is 56.9 Å². The van der Waals surface area contributed by atoms with Gasteiger partial charge in [0, 0.05) is 20.1 Å². The molecule has 0 radical (unpaired) electrons. The van der Waals surface area contributed by atoms with E-state index in [1.165, 1.54) is 32.4 Å². The van der Waals surface area contributed by atoms with Crippen LogP contribution in [-0.2, 0) is 0 Å². The van der Waals surface area contributed by atoms with Gasteiger partial charge in [0.25, 0.3) is 0 Å². The Kier molecular flexibility index (Phi) is 7.05. The lowest BCUT2D eigenvalue weighted by molar-refractivity contribution is 0.199. The van der Waals surface area contributed by atoms with E-state index >= 15 is 0 Å². The van der Waals surface area contributed by atoms with Gasteiger partial charge in [-0.1, -0.05) is 13.3 Å². The third-order valence-electron chi connectivity index (χ3n) is 3.63. The van der Waals surface area contributed by atoms with Crippen molar-refractivity contribution in [3.8, 4) is 0 Å². The molecule has 106 valence electrons. The van der Waals surface area contributed by atoms with Gasteiger partial charge in [-0.15, -0.1) is 0 Å². The summed E-state index contributed by atoms with van der Waals surface area (Å²) in [5, 5.41) is 0. The van der Waals surface area contributed by atoms with Crippen LogP contribution >= 0.6 is 0 Å². The molecule has 0 amide bonds. The normalized spacial score (nSPS) is 19.0. The number of piperidine rings is 1. The summed E-state index contributed by atoms with van der Waals surface area (Å²) in [5.41, 5.74) is 2.72. The number of guanidine groups is 1. The van der Waals surface area contributed by atoms with Gasteiger partial charge >= 0.3 is 0 Å². The van der Waals surface area contributed by atoms with Crippen LogP contribution in [0, 0.1) is 5.92 Å². The highest BCUT2D eigenvalue weighted by Crippen LogP contribution is 2.16. The lowest BCUT2D eigenvalue weighted by atomic mass is 9.97. The quantitative estimate of drug-likeness (QED) is 0.252. The van der Waals surface area contributed by atoms with Gasteiger partial charge in [-0.3, -0.25) is 10.4 Å². The molecule has 5 heteroatoms. The molecule has 0 aliphatic carbocycles. The number of nitrogens with zero attached hydrogens (tertiary/aromatic N) is 3. The Bertz CT molecular complexity index is 246. The Hall–Kier alpha value is -0.810. The molecule has 1 saturated heterocycles. The molecule has 1 fully saturated rings. The third-order valence-corrected chi connectivity index (χ3v) is 3.63. The highest BCUT2D eigenvalue weighted by molar-refractivity contribution is 5.79. The molecular formula is C13H29N5. The zero-order valence-corrected chi connectivity index (χ0v) is 12.2. The predicted octanol–water partition coefficient (Wildman–Crippen LogP) is 0.879. The van der Waals surface area contributed by atoms with Crippen molar-refractivity contribution in [2.45, 2.75) is 32.6 Å². The lowest BCUT2D eigenvalue weighted by Crippen LogP contribution is -2.46. The minimum atomic E-state index is 0.760. The smallest absolute Gasteiger partial charge is 0.208 e. The van der Waals surface area contributed by atoms with Gasteiger partial charge in [-0.05, 0) is 45.3 Å². The Morgan fingerprint density at radius 1 is 1.44 bits per heavy atom. The number of rotatable bonds is 5. The van der Waals surface area contributed by atoms with Crippen molar-refractivity contribution >= 4 is 5.96 Å². The zero-order valence-electron chi connectivity index (χ0n) is 12.2. The molecule has 0 aromatic carbocycles. The van der Waals surface area contributed by atoms with Crippen LogP contribution in [0.25, 0.3) is 0 Å². The first-order valence-corrected chi connectivity index (χ1v) is 7.08. The first-order chi connectivity index (χ1) is 8.67. The van der Waals surface area contributed by atoms with Gasteiger partial charge in [0.05, 0.1) is 0 Å². The predicted molar refractivity (Wildman–Crippen MR) is 77.4 cm³/mol. The highest BCUT2D eigenvalue weighted by Gasteiger charge is 2.19. The van der Waals surface area contributed by atoms with E-state index in [0.29, 0.717) is 0 Å². The molecule has 18 heavy (non-hydrogen) atoms. The monoisotopic (exact) mass is 255 g/mol. The van der Waals surface area contributed by atoms with Crippen LogP contribution in [0.2, 0.25) is 0 Å². The molecule has 1 aliphatic heterocycles. The van der Waals surface area contributed by atoms with Crippen LogP contribution in [0.5, 0.6) is 0 Å². The Balaban J connectivity index is 2.36. The van der Waals surface area contributed by atoms with Gasteiger partial charge in [0.2, 0.25) is 5.96 Å². The van der Waals surface area contributed by atoms with E-state index < -0.39 is 0 Å². The van der Waals surface area contributed by atoms with E-state index in [4.69, 9.17) is 5.84 Å². The molecule has 1 rings (SSSR count). The molecule has 0 aromatic heterocycles. The van der Waals surface area contributed by atoms with Gasteiger partial charge in [0.15, 0.2) is 0 Å². The fourth-order valence-corrected chi connectivity index (χ4v) is 2.34. The van der Waals surface area contributed by atoms with Gasteiger partial charge in [0.1, 0.15) is 0 Å². The van der Waals surface area contributed by atoms with Crippen LogP contribution < -0.4 is 11.3 Å². The molecule has 0 unspecified atom stereocenters. The standard InChI is InChI=1S/C13H29N5/c1-4-5-8-15-13(16-14)18(3)11-12-6-9-17(2)10-7-12/h12H,4-11,14H2,1-3H3,(H,15,16). The van der Waals surface area contributed by atoms with E-state index in [0.717, 1.165) is 31.4 Å². The summed E-state index contributed by atoms with van der Waals surface area (Å²) >= 11 is 0. The molecule has 1 aliphatic rings. The average molecular weight is 255 g/mol. The summed E-state index contributed by atoms with van der Waals surface area (Å²) in [6.45, 7) is 6.48. The molecule has 0 bridgehead atoms. The van der Waals surface area contributed by atoms with Crippen molar-refractivity contribution in [1.29, 1.82) is 0 Å². The van der Waals surface area contributed by atoms with E-state index in [1.807, 2.05) is 0 Å². The van der Waals surface area contributed by atoms with Crippen molar-refractivity contribution in [2.75, 3.05) is 40.3 Å². The molecular weight excluding hydrogens is 226 g/mol. The van der Waals surface area contributed by atoms with Crippen molar-refractivity contribution in [1.82, 2.24) is 15.2 Å². The fourth-order valence-electron chi connectivity index (χ4n) is 2.34. The van der Waals surface area contributed by atoms with Crippen LogP contribution in [0.4, 0.5) is 0 Å². The maximum Gasteiger partial charge on any atom is 0.208 e. The number of likely N-dealkylation sites (tertiary alicyclic amines) is 1. The number of aliphatic imine (C=N–C) groups is 1. The summed E-state index contributed by atoms with van der Waals surface area (Å²) in [7, 11) is 4.27. The number of nitrogens with two attached hydrogens (primary N) is 1. The van der Waals surface area contributed by atoms with Crippen LogP contribution in [0.15, 0.2) is 4.99 Å². The number of hydrogen-bond donors (Lipinski definition) is 2. The molecule has 0 spiro atoms. The molecule has 5 nitrogen and oxygen atoms in total. The maximum absolute atomic E-state index is 5.55. The highest BCUT2D eigenvalue weighted by atomic mass is 15.4. The van der Waals surface area contributed by atoms with Crippen molar-refractivity contribution in [2.24, 2.45) is 16.8 Å². The third kappa shape index (κ3) is 5.23.